The summed E-state index contributed by atoms with van der Waals surface area (Å²) in [6.45, 7) is 3.38. The zero-order valence-corrected chi connectivity index (χ0v) is 15.9. The predicted octanol–water partition coefficient (Wildman–Crippen LogP) is 4.61. The molecule has 0 aliphatic carbocycles. The Hall–Kier alpha value is -2.24. The number of benzene rings is 2. The maximum atomic E-state index is 14.1. The highest BCUT2D eigenvalue weighted by atomic mass is 35.5. The molecule has 0 spiro atoms. The van der Waals surface area contributed by atoms with E-state index in [0.717, 1.165) is 0 Å². The van der Waals surface area contributed by atoms with E-state index in [2.05, 4.69) is 0 Å². The Morgan fingerprint density at radius 1 is 1.11 bits per heavy atom. The minimum Gasteiger partial charge on any atom is -0.298 e. The number of carbonyl (C=O) groups is 3. The highest BCUT2D eigenvalue weighted by molar-refractivity contribution is 6.49. The fourth-order valence-electron chi connectivity index (χ4n) is 3.86. The monoisotopic (exact) mass is 405 g/mol. The van der Waals surface area contributed by atoms with Gasteiger partial charge in [0, 0.05) is 16.5 Å². The van der Waals surface area contributed by atoms with Crippen molar-refractivity contribution in [2.45, 2.75) is 19.9 Å². The number of amides is 1. The van der Waals surface area contributed by atoms with Gasteiger partial charge in [0.15, 0.2) is 0 Å². The second-order valence-corrected chi connectivity index (χ2v) is 7.88. The molecule has 27 heavy (non-hydrogen) atoms. The van der Waals surface area contributed by atoms with Gasteiger partial charge in [-0.3, -0.25) is 19.3 Å². The van der Waals surface area contributed by atoms with E-state index >= 15 is 0 Å². The molecule has 0 radical (unpaired) electrons. The van der Waals surface area contributed by atoms with Crippen LogP contribution in [0.4, 0.5) is 10.1 Å². The van der Waals surface area contributed by atoms with Crippen LogP contribution in [0.25, 0.3) is 11.1 Å². The molecule has 4 rings (SSSR count). The molecule has 2 aromatic carbocycles. The summed E-state index contributed by atoms with van der Waals surface area (Å²) in [5.74, 6) is -4.03. The molecular formula is C20H14Cl2FNO3. The van der Waals surface area contributed by atoms with Crippen LogP contribution >= 0.6 is 23.2 Å². The topological polar surface area (TPSA) is 54.5 Å². The van der Waals surface area contributed by atoms with Gasteiger partial charge in [-0.1, -0.05) is 43.1 Å². The zero-order valence-electron chi connectivity index (χ0n) is 14.4. The van der Waals surface area contributed by atoms with Crippen molar-refractivity contribution in [2.24, 2.45) is 11.8 Å². The van der Waals surface area contributed by atoms with Gasteiger partial charge in [-0.15, -0.1) is 0 Å². The number of anilines is 1. The van der Waals surface area contributed by atoms with E-state index in [1.54, 1.807) is 32.0 Å². The molecule has 1 amide bonds. The first kappa shape index (κ1) is 18.1. The summed E-state index contributed by atoms with van der Waals surface area (Å²) in [5, 5.41) is 0.253. The summed E-state index contributed by atoms with van der Waals surface area (Å²) in [6.07, 6.45) is 0. The number of hydrogen-bond donors (Lipinski definition) is 0. The van der Waals surface area contributed by atoms with Crippen LogP contribution < -0.4 is 4.90 Å². The van der Waals surface area contributed by atoms with E-state index in [1.807, 2.05) is 0 Å². The fourth-order valence-corrected chi connectivity index (χ4v) is 4.19. The smallest absolute Gasteiger partial charge is 0.295 e. The van der Waals surface area contributed by atoms with Crippen LogP contribution in [0.1, 0.15) is 25.5 Å². The van der Waals surface area contributed by atoms with Gasteiger partial charge in [0.25, 0.3) is 5.91 Å². The number of nitrogens with zero attached hydrogens (tertiary/aromatic N) is 1. The van der Waals surface area contributed by atoms with Crippen molar-refractivity contribution >= 4 is 46.4 Å². The van der Waals surface area contributed by atoms with Crippen LogP contribution in [-0.2, 0) is 14.4 Å². The lowest BCUT2D eigenvalue weighted by molar-refractivity contribution is -0.139. The van der Waals surface area contributed by atoms with Gasteiger partial charge in [0.05, 0.1) is 16.8 Å². The Kier molecular flexibility index (Phi) is 4.13. The predicted molar refractivity (Wildman–Crippen MR) is 100 cm³/mol. The molecule has 0 N–H and O–H groups in total. The molecule has 0 saturated carbocycles. The molecule has 0 aromatic heterocycles. The van der Waals surface area contributed by atoms with Gasteiger partial charge in [0.1, 0.15) is 17.5 Å². The minimum absolute atomic E-state index is 0.170. The van der Waals surface area contributed by atoms with E-state index in [-0.39, 0.29) is 10.8 Å². The quantitative estimate of drug-likeness (QED) is 0.541. The zero-order chi connectivity index (χ0) is 19.6. The number of carbonyl (C=O) groups excluding carboxylic acids is 3. The average molecular weight is 406 g/mol. The molecule has 2 aliphatic heterocycles. The molecule has 2 atom stereocenters. The molecule has 2 aromatic rings. The van der Waals surface area contributed by atoms with E-state index in [0.29, 0.717) is 27.4 Å². The first-order chi connectivity index (χ1) is 12.7. The molecule has 2 unspecified atom stereocenters. The van der Waals surface area contributed by atoms with Crippen LogP contribution in [0.2, 0.25) is 10.0 Å². The fraction of sp³-hybridized carbons (Fsp3) is 0.250. The molecule has 7 heteroatoms. The van der Waals surface area contributed by atoms with Gasteiger partial charge in [-0.2, -0.15) is 0 Å². The largest absolute Gasteiger partial charge is 0.298 e. The molecule has 138 valence electrons. The Morgan fingerprint density at radius 2 is 1.81 bits per heavy atom. The maximum absolute atomic E-state index is 14.1. The molecule has 1 saturated heterocycles. The van der Waals surface area contributed by atoms with E-state index < -0.39 is 35.4 Å². The first-order valence-corrected chi connectivity index (χ1v) is 9.18. The van der Waals surface area contributed by atoms with Gasteiger partial charge in [0.2, 0.25) is 5.78 Å². The second kappa shape index (κ2) is 6.14. The number of rotatable bonds is 2. The van der Waals surface area contributed by atoms with E-state index in [1.165, 1.54) is 17.0 Å². The summed E-state index contributed by atoms with van der Waals surface area (Å²) in [6, 6.07) is 6.69. The number of Topliss-reactive ketones (excluding diaryl/α,β-unsaturated/α-hetero) is 2. The van der Waals surface area contributed by atoms with Gasteiger partial charge in [-0.25, -0.2) is 4.39 Å². The third-order valence-electron chi connectivity index (χ3n) is 5.10. The minimum atomic E-state index is -1.12. The average Bonchev–Trinajstić information content (AvgIpc) is 2.87. The summed E-state index contributed by atoms with van der Waals surface area (Å²) in [4.78, 5) is 39.5. The van der Waals surface area contributed by atoms with Crippen molar-refractivity contribution in [3.63, 3.8) is 0 Å². The Morgan fingerprint density at radius 3 is 2.48 bits per heavy atom. The van der Waals surface area contributed by atoms with E-state index in [4.69, 9.17) is 23.2 Å². The number of halogens is 3. The number of hydrogen-bond acceptors (Lipinski definition) is 3. The lowest BCUT2D eigenvalue weighted by Gasteiger charge is -2.35. The number of ketones is 2. The Balaban J connectivity index is 2.04. The molecule has 0 bridgehead atoms. The highest BCUT2D eigenvalue weighted by Gasteiger charge is 2.55. The third kappa shape index (κ3) is 2.52. The second-order valence-electron chi connectivity index (χ2n) is 7.03. The number of fused-ring (bicyclic) bond motifs is 6. The summed E-state index contributed by atoms with van der Waals surface area (Å²) in [7, 11) is 0. The van der Waals surface area contributed by atoms with Crippen LogP contribution in [0, 0.1) is 17.7 Å². The summed E-state index contributed by atoms with van der Waals surface area (Å²) >= 11 is 12.1. The SMILES string of the molecule is CC(C)C(=O)C1C(=O)C(=O)N2c3cc(Cl)c(F)cc3-c3cc(Cl)ccc3C12. The molecule has 4 nitrogen and oxygen atoms in total. The van der Waals surface area contributed by atoms with Crippen LogP contribution in [0.3, 0.4) is 0 Å². The lowest BCUT2D eigenvalue weighted by Crippen LogP contribution is -2.34. The lowest BCUT2D eigenvalue weighted by atomic mass is 9.80. The molecule has 1 fully saturated rings. The molecule has 2 heterocycles. The molecule has 2 aliphatic rings. The van der Waals surface area contributed by atoms with Crippen LogP contribution in [0.15, 0.2) is 30.3 Å². The first-order valence-electron chi connectivity index (χ1n) is 8.42. The van der Waals surface area contributed by atoms with Gasteiger partial charge >= 0.3 is 0 Å². The summed E-state index contributed by atoms with van der Waals surface area (Å²) in [5.41, 5.74) is 1.88. The molecular weight excluding hydrogens is 392 g/mol. The van der Waals surface area contributed by atoms with Crippen molar-refractivity contribution in [3.8, 4) is 11.1 Å². The van der Waals surface area contributed by atoms with E-state index in [9.17, 15) is 18.8 Å². The van der Waals surface area contributed by atoms with Crippen molar-refractivity contribution in [1.82, 2.24) is 0 Å². The Bertz CT molecular complexity index is 1030. The van der Waals surface area contributed by atoms with Crippen molar-refractivity contribution < 1.29 is 18.8 Å². The maximum Gasteiger partial charge on any atom is 0.295 e. The standard InChI is InChI=1S/C20H14Cl2FNO3/c1-8(2)18(25)16-17-10-4-3-9(21)5-11(10)12-6-14(23)13(22)7-15(12)24(17)20(27)19(16)26/h3-8,16-17H,1-2H3. The van der Waals surface area contributed by atoms with Gasteiger partial charge in [-0.05, 0) is 35.4 Å². The third-order valence-corrected chi connectivity index (χ3v) is 5.63. The normalized spacial score (nSPS) is 20.6. The Labute approximate surface area is 164 Å². The van der Waals surface area contributed by atoms with Crippen molar-refractivity contribution in [3.05, 3.63) is 51.8 Å². The summed E-state index contributed by atoms with van der Waals surface area (Å²) < 4.78 is 14.1. The highest BCUT2D eigenvalue weighted by Crippen LogP contribution is 2.52. The van der Waals surface area contributed by atoms with Gasteiger partial charge < -0.3 is 0 Å². The van der Waals surface area contributed by atoms with Crippen molar-refractivity contribution in [2.75, 3.05) is 4.90 Å². The van der Waals surface area contributed by atoms with Crippen LogP contribution in [0.5, 0.6) is 0 Å². The van der Waals surface area contributed by atoms with Crippen LogP contribution in [-0.4, -0.2) is 17.5 Å². The van der Waals surface area contributed by atoms with Crippen molar-refractivity contribution in [1.29, 1.82) is 0 Å².